The number of rotatable bonds is 7. The van der Waals surface area contributed by atoms with Gasteiger partial charge in [-0.1, -0.05) is 0 Å². The Labute approximate surface area is 211 Å². The molecule has 3 aromatic rings. The number of β-amino-alcohol motifs (C(OH)–C–C–N with tert-alkyl or cyclic N) is 1. The van der Waals surface area contributed by atoms with Crippen molar-refractivity contribution in [3.05, 3.63) is 53.6 Å². The second-order valence-corrected chi connectivity index (χ2v) is 9.97. The van der Waals surface area contributed by atoms with Gasteiger partial charge in [0, 0.05) is 37.3 Å². The van der Waals surface area contributed by atoms with E-state index in [9.17, 15) is 14.3 Å². The van der Waals surface area contributed by atoms with Crippen LogP contribution in [0.2, 0.25) is 0 Å². The molecule has 2 aliphatic rings. The number of nitrogens with zero attached hydrogens (tertiary/aromatic N) is 3. The molecule has 0 saturated carbocycles. The van der Waals surface area contributed by atoms with E-state index in [2.05, 4.69) is 20.6 Å². The van der Waals surface area contributed by atoms with Crippen molar-refractivity contribution in [2.24, 2.45) is 0 Å². The highest BCUT2D eigenvalue weighted by Crippen LogP contribution is 2.31. The molecular formula is C25H27F2N5O3S. The molecule has 3 N–H and O–H groups in total. The number of halogens is 2. The van der Waals surface area contributed by atoms with Crippen LogP contribution in [0.15, 0.2) is 41.4 Å². The molecule has 1 amide bonds. The van der Waals surface area contributed by atoms with Gasteiger partial charge >= 0.3 is 0 Å². The number of pyridine rings is 2. The summed E-state index contributed by atoms with van der Waals surface area (Å²) in [5, 5.41) is 17.5. The van der Waals surface area contributed by atoms with Gasteiger partial charge in [-0.3, -0.25) is 14.7 Å². The Morgan fingerprint density at radius 3 is 3.03 bits per heavy atom. The predicted molar refractivity (Wildman–Crippen MR) is 133 cm³/mol. The molecule has 2 aliphatic heterocycles. The molecule has 4 heterocycles. The van der Waals surface area contributed by atoms with Gasteiger partial charge in [-0.05, 0) is 48.9 Å². The number of ether oxygens (including phenoxy) is 1. The molecule has 1 fully saturated rings. The van der Waals surface area contributed by atoms with Gasteiger partial charge in [0.1, 0.15) is 23.6 Å². The fourth-order valence-corrected chi connectivity index (χ4v) is 5.42. The van der Waals surface area contributed by atoms with Crippen LogP contribution in [0.1, 0.15) is 23.8 Å². The average molecular weight is 516 g/mol. The van der Waals surface area contributed by atoms with E-state index in [1.807, 2.05) is 23.1 Å². The second kappa shape index (κ2) is 10.6. The number of aliphatic hydroxyl groups is 1. The van der Waals surface area contributed by atoms with E-state index in [1.54, 1.807) is 19.4 Å². The molecule has 11 heteroatoms. The number of hydrogen-bond donors (Lipinski definition) is 3. The van der Waals surface area contributed by atoms with Crippen molar-refractivity contribution in [3.63, 3.8) is 0 Å². The molecule has 2 aromatic heterocycles. The Morgan fingerprint density at radius 1 is 1.36 bits per heavy atom. The van der Waals surface area contributed by atoms with Crippen LogP contribution in [-0.2, 0) is 11.3 Å². The first-order valence-electron chi connectivity index (χ1n) is 11.7. The standard InChI is InChI=1S/C25H27F2N5O3S/c1-35-14-2-3-19-16(8-14)15(4-6-28-19)22(33)12-32-7-5-20(18(27)11-32)29-10-21-17(26)9-23-25(30-21)31-24(34)13-36-23/h2-4,6,8-9,18,20,22,29,33H,5,7,10-13H2,1H3,(H,30,31,34)/t18-,20+,22?/m0/s1. The molecule has 190 valence electrons. The topological polar surface area (TPSA) is 99.6 Å². The summed E-state index contributed by atoms with van der Waals surface area (Å²) in [5.41, 5.74) is 1.61. The van der Waals surface area contributed by atoms with Crippen molar-refractivity contribution in [2.75, 3.05) is 37.8 Å². The Hall–Kier alpha value is -2.86. The third-order valence-corrected chi connectivity index (χ3v) is 7.59. The molecule has 1 saturated heterocycles. The fourth-order valence-electron chi connectivity index (χ4n) is 4.64. The van der Waals surface area contributed by atoms with Gasteiger partial charge in [0.05, 0.1) is 35.1 Å². The predicted octanol–water partition coefficient (Wildman–Crippen LogP) is 3.06. The Kier molecular flexibility index (Phi) is 7.33. The van der Waals surface area contributed by atoms with Gasteiger partial charge < -0.3 is 20.5 Å². The number of piperidine rings is 1. The van der Waals surface area contributed by atoms with Crippen molar-refractivity contribution >= 4 is 34.4 Å². The third-order valence-electron chi connectivity index (χ3n) is 6.56. The van der Waals surface area contributed by atoms with Crippen molar-refractivity contribution in [3.8, 4) is 5.75 Å². The lowest BCUT2D eigenvalue weighted by atomic mass is 10.00. The van der Waals surface area contributed by atoms with Gasteiger partial charge in [0.15, 0.2) is 0 Å². The molecule has 36 heavy (non-hydrogen) atoms. The number of carbonyl (C=O) groups is 1. The van der Waals surface area contributed by atoms with E-state index < -0.39 is 24.1 Å². The zero-order valence-corrected chi connectivity index (χ0v) is 20.5. The van der Waals surface area contributed by atoms with Crippen LogP contribution >= 0.6 is 11.8 Å². The first-order valence-corrected chi connectivity index (χ1v) is 12.7. The van der Waals surface area contributed by atoms with Crippen LogP contribution in [0, 0.1) is 5.82 Å². The number of likely N-dealkylation sites (tertiary alicyclic amines) is 1. The van der Waals surface area contributed by atoms with Crippen LogP contribution in [0.3, 0.4) is 0 Å². The number of carbonyl (C=O) groups excluding carboxylic acids is 1. The number of hydrogen-bond acceptors (Lipinski definition) is 8. The van der Waals surface area contributed by atoms with E-state index in [-0.39, 0.29) is 37.0 Å². The van der Waals surface area contributed by atoms with E-state index in [4.69, 9.17) is 4.74 Å². The Bertz CT molecular complexity index is 1280. The van der Waals surface area contributed by atoms with E-state index >= 15 is 4.39 Å². The van der Waals surface area contributed by atoms with Crippen LogP contribution in [0.4, 0.5) is 14.6 Å². The smallest absolute Gasteiger partial charge is 0.235 e. The minimum Gasteiger partial charge on any atom is -0.497 e. The number of anilines is 1. The van der Waals surface area contributed by atoms with E-state index in [0.717, 1.165) is 10.9 Å². The number of nitrogens with one attached hydrogen (secondary N) is 2. The summed E-state index contributed by atoms with van der Waals surface area (Å²) in [6, 6.07) is 8.16. The van der Waals surface area contributed by atoms with Gasteiger partial charge in [0.25, 0.3) is 0 Å². The van der Waals surface area contributed by atoms with Gasteiger partial charge in [-0.25, -0.2) is 13.8 Å². The SMILES string of the molecule is COc1ccc2nccc(C(O)CN3CC[C@@H](NCc4nc5c(cc4F)SCC(=O)N5)[C@@H](F)C3)c2c1. The van der Waals surface area contributed by atoms with Crippen LogP contribution in [-0.4, -0.2) is 70.6 Å². The lowest BCUT2D eigenvalue weighted by molar-refractivity contribution is -0.113. The maximum Gasteiger partial charge on any atom is 0.235 e. The van der Waals surface area contributed by atoms with E-state index in [1.165, 1.54) is 17.8 Å². The zero-order chi connectivity index (χ0) is 25.2. The highest BCUT2D eigenvalue weighted by atomic mass is 32.2. The molecule has 0 aliphatic carbocycles. The number of fused-ring (bicyclic) bond motifs is 2. The molecular weight excluding hydrogens is 488 g/mol. The Morgan fingerprint density at radius 2 is 2.22 bits per heavy atom. The molecule has 5 rings (SSSR count). The van der Waals surface area contributed by atoms with Gasteiger partial charge in [0.2, 0.25) is 5.91 Å². The summed E-state index contributed by atoms with van der Waals surface area (Å²) in [6.45, 7) is 1.06. The summed E-state index contributed by atoms with van der Waals surface area (Å²) >= 11 is 1.24. The summed E-state index contributed by atoms with van der Waals surface area (Å²) < 4.78 is 34.8. The van der Waals surface area contributed by atoms with E-state index in [0.29, 0.717) is 35.0 Å². The second-order valence-electron chi connectivity index (χ2n) is 8.95. The number of amides is 1. The number of methoxy groups -OCH3 is 1. The molecule has 0 radical (unpaired) electrons. The van der Waals surface area contributed by atoms with Gasteiger partial charge in [-0.15, -0.1) is 11.8 Å². The number of aromatic nitrogens is 2. The lowest BCUT2D eigenvalue weighted by Crippen LogP contribution is -2.51. The first kappa shape index (κ1) is 24.8. The quantitative estimate of drug-likeness (QED) is 0.442. The normalized spacial score (nSPS) is 21.2. The molecule has 0 bridgehead atoms. The lowest BCUT2D eigenvalue weighted by Gasteiger charge is -2.36. The van der Waals surface area contributed by atoms with Crippen LogP contribution < -0.4 is 15.4 Å². The summed E-state index contributed by atoms with van der Waals surface area (Å²) in [7, 11) is 1.58. The highest BCUT2D eigenvalue weighted by Gasteiger charge is 2.31. The molecule has 8 nitrogen and oxygen atoms in total. The van der Waals surface area contributed by atoms with Crippen molar-refractivity contribution in [2.45, 2.75) is 36.2 Å². The number of benzene rings is 1. The molecule has 3 atom stereocenters. The molecule has 0 spiro atoms. The van der Waals surface area contributed by atoms with Crippen molar-refractivity contribution < 1.29 is 23.4 Å². The Balaban J connectivity index is 1.19. The fraction of sp³-hybridized carbons (Fsp3) is 0.400. The number of thioether (sulfide) groups is 1. The monoisotopic (exact) mass is 515 g/mol. The third kappa shape index (κ3) is 5.29. The van der Waals surface area contributed by atoms with Crippen molar-refractivity contribution in [1.29, 1.82) is 0 Å². The highest BCUT2D eigenvalue weighted by molar-refractivity contribution is 8.00. The maximum atomic E-state index is 15.0. The number of aliphatic hydroxyl groups excluding tert-OH is 1. The number of alkyl halides is 1. The zero-order valence-electron chi connectivity index (χ0n) is 19.7. The largest absolute Gasteiger partial charge is 0.497 e. The minimum absolute atomic E-state index is 0.0538. The van der Waals surface area contributed by atoms with Crippen LogP contribution in [0.5, 0.6) is 5.75 Å². The summed E-state index contributed by atoms with van der Waals surface area (Å²) in [5.74, 6) is 0.584. The minimum atomic E-state index is -1.20. The van der Waals surface area contributed by atoms with Crippen molar-refractivity contribution in [1.82, 2.24) is 20.2 Å². The molecule has 1 aromatic carbocycles. The maximum absolute atomic E-state index is 15.0. The summed E-state index contributed by atoms with van der Waals surface area (Å²) in [6.07, 6.45) is 0.134. The van der Waals surface area contributed by atoms with Gasteiger partial charge in [-0.2, -0.15) is 0 Å². The summed E-state index contributed by atoms with van der Waals surface area (Å²) in [4.78, 5) is 22.7. The first-order chi connectivity index (χ1) is 17.4. The molecule has 1 unspecified atom stereocenters. The average Bonchev–Trinajstić information content (AvgIpc) is 2.87. The van der Waals surface area contributed by atoms with Crippen LogP contribution in [0.25, 0.3) is 10.9 Å².